The van der Waals surface area contributed by atoms with Crippen LogP contribution in [0.3, 0.4) is 0 Å². The standard InChI is InChI=1S/C44H23N3OS2/c1-2-13-27-26(12-1)37-28-14-3-7-17-32(28)47(41(37)39-30-16-6-9-19-35(30)49-42(27)39)44-45-40(38-29-15-5-10-20-36(29)50-43(38)46-44)24-21-22-34-31(23-24)25-11-4-8-18-33(25)48-34/h1-23H. The van der Waals surface area contributed by atoms with Crippen LogP contribution in [-0.4, -0.2) is 14.5 Å². The monoisotopic (exact) mass is 673 g/mol. The molecule has 0 bridgehead atoms. The van der Waals surface area contributed by atoms with Crippen LogP contribution in [0.15, 0.2) is 144 Å². The van der Waals surface area contributed by atoms with Gasteiger partial charge in [0.15, 0.2) is 0 Å². The van der Waals surface area contributed by atoms with Crippen molar-refractivity contribution in [3.63, 3.8) is 0 Å². The molecule has 0 spiro atoms. The van der Waals surface area contributed by atoms with Crippen molar-refractivity contribution in [3.05, 3.63) is 140 Å². The van der Waals surface area contributed by atoms with Crippen molar-refractivity contribution in [2.45, 2.75) is 0 Å². The van der Waals surface area contributed by atoms with Gasteiger partial charge in [-0.25, -0.2) is 9.97 Å². The third-order valence-electron chi connectivity index (χ3n) is 10.2. The van der Waals surface area contributed by atoms with Gasteiger partial charge in [-0.3, -0.25) is 4.57 Å². The second kappa shape index (κ2) is 9.76. The molecule has 12 aromatic rings. The topological polar surface area (TPSA) is 43.9 Å². The average Bonchev–Trinajstić information content (AvgIpc) is 3.93. The Bertz CT molecular complexity index is 3400. The van der Waals surface area contributed by atoms with E-state index in [1.807, 2.05) is 23.5 Å². The number of furan rings is 1. The highest BCUT2D eigenvalue weighted by molar-refractivity contribution is 7.27. The van der Waals surface area contributed by atoms with E-state index in [1.54, 1.807) is 11.3 Å². The van der Waals surface area contributed by atoms with Gasteiger partial charge in [-0.15, -0.1) is 22.7 Å². The Balaban J connectivity index is 1.28. The fourth-order valence-corrected chi connectivity index (χ4v) is 10.4. The molecule has 0 saturated carbocycles. The minimum absolute atomic E-state index is 0.675. The summed E-state index contributed by atoms with van der Waals surface area (Å²) in [6.45, 7) is 0. The van der Waals surface area contributed by atoms with Gasteiger partial charge in [0.1, 0.15) is 16.0 Å². The van der Waals surface area contributed by atoms with E-state index < -0.39 is 0 Å². The van der Waals surface area contributed by atoms with Crippen LogP contribution in [0, 0.1) is 0 Å². The molecule has 0 saturated heterocycles. The van der Waals surface area contributed by atoms with Gasteiger partial charge in [0.2, 0.25) is 5.95 Å². The maximum absolute atomic E-state index is 6.23. The van der Waals surface area contributed by atoms with Crippen molar-refractivity contribution >= 4 is 118 Å². The molecule has 5 aromatic heterocycles. The minimum Gasteiger partial charge on any atom is -0.456 e. The molecule has 4 nitrogen and oxygen atoms in total. The number of hydrogen-bond acceptors (Lipinski definition) is 5. The predicted octanol–water partition coefficient (Wildman–Crippen LogP) is 13.0. The number of aromatic nitrogens is 3. The van der Waals surface area contributed by atoms with Gasteiger partial charge in [-0.1, -0.05) is 97.1 Å². The van der Waals surface area contributed by atoms with Crippen LogP contribution in [0.25, 0.3) is 112 Å². The van der Waals surface area contributed by atoms with Crippen molar-refractivity contribution in [3.8, 4) is 17.2 Å². The molecular formula is C44H23N3OS2. The zero-order valence-corrected chi connectivity index (χ0v) is 28.0. The molecule has 0 amide bonds. The Labute approximate surface area is 292 Å². The molecular weight excluding hydrogens is 651 g/mol. The molecule has 0 aliphatic heterocycles. The summed E-state index contributed by atoms with van der Waals surface area (Å²) >= 11 is 3.60. The van der Waals surface area contributed by atoms with Gasteiger partial charge in [-0.05, 0) is 47.9 Å². The molecule has 0 fully saturated rings. The number of fused-ring (bicyclic) bond motifs is 16. The Morgan fingerprint density at radius 1 is 0.480 bits per heavy atom. The lowest BCUT2D eigenvalue weighted by Gasteiger charge is -2.12. The van der Waals surface area contributed by atoms with Gasteiger partial charge < -0.3 is 4.42 Å². The fourth-order valence-electron chi connectivity index (χ4n) is 8.12. The molecule has 50 heavy (non-hydrogen) atoms. The van der Waals surface area contributed by atoms with E-state index in [9.17, 15) is 0 Å². The third-order valence-corrected chi connectivity index (χ3v) is 12.5. The van der Waals surface area contributed by atoms with E-state index in [1.165, 1.54) is 51.8 Å². The summed E-state index contributed by atoms with van der Waals surface area (Å²) < 4.78 is 12.3. The second-order valence-electron chi connectivity index (χ2n) is 12.9. The highest BCUT2D eigenvalue weighted by Gasteiger charge is 2.25. The molecule has 0 radical (unpaired) electrons. The van der Waals surface area contributed by atoms with E-state index in [2.05, 4.69) is 132 Å². The Kier molecular flexibility index (Phi) is 5.23. The average molecular weight is 674 g/mol. The van der Waals surface area contributed by atoms with E-state index in [0.717, 1.165) is 54.4 Å². The zero-order valence-electron chi connectivity index (χ0n) is 26.3. The van der Waals surface area contributed by atoms with Crippen molar-refractivity contribution in [2.24, 2.45) is 0 Å². The van der Waals surface area contributed by atoms with Gasteiger partial charge in [0, 0.05) is 68.1 Å². The zero-order chi connectivity index (χ0) is 32.5. The van der Waals surface area contributed by atoms with E-state index in [0.29, 0.717) is 5.95 Å². The molecule has 7 aromatic carbocycles. The van der Waals surface area contributed by atoms with Crippen molar-refractivity contribution in [1.29, 1.82) is 0 Å². The SMILES string of the molecule is c1ccc2c(c1)oc1ccc(-c3nc(-n4c5ccccc5c5c6ccccc6c6sc7ccccc7c6c54)nc4sc5ccccc5c34)cc12. The Morgan fingerprint density at radius 2 is 1.12 bits per heavy atom. The second-order valence-corrected chi connectivity index (χ2v) is 15.0. The summed E-state index contributed by atoms with van der Waals surface area (Å²) in [5.74, 6) is 0.675. The number of rotatable bonds is 2. The molecule has 5 heterocycles. The minimum atomic E-state index is 0.675. The molecule has 0 aliphatic carbocycles. The maximum Gasteiger partial charge on any atom is 0.236 e. The molecule has 12 rings (SSSR count). The number of benzene rings is 7. The van der Waals surface area contributed by atoms with Gasteiger partial charge in [0.25, 0.3) is 0 Å². The van der Waals surface area contributed by atoms with Crippen LogP contribution in [0.5, 0.6) is 0 Å². The highest BCUT2D eigenvalue weighted by atomic mass is 32.1. The van der Waals surface area contributed by atoms with Gasteiger partial charge in [0.05, 0.1) is 16.7 Å². The molecule has 0 N–H and O–H groups in total. The largest absolute Gasteiger partial charge is 0.456 e. The Morgan fingerprint density at radius 3 is 1.96 bits per heavy atom. The summed E-state index contributed by atoms with van der Waals surface area (Å²) in [6, 6.07) is 49.7. The summed E-state index contributed by atoms with van der Waals surface area (Å²) in [7, 11) is 0. The van der Waals surface area contributed by atoms with Crippen LogP contribution in [0.2, 0.25) is 0 Å². The quantitative estimate of drug-likeness (QED) is 0.183. The predicted molar refractivity (Wildman–Crippen MR) is 212 cm³/mol. The van der Waals surface area contributed by atoms with Crippen LogP contribution in [-0.2, 0) is 0 Å². The van der Waals surface area contributed by atoms with E-state index in [4.69, 9.17) is 14.4 Å². The first kappa shape index (κ1) is 26.8. The summed E-state index contributed by atoms with van der Waals surface area (Å²) in [4.78, 5) is 12.0. The van der Waals surface area contributed by atoms with Crippen LogP contribution in [0.4, 0.5) is 0 Å². The summed E-state index contributed by atoms with van der Waals surface area (Å²) in [6.07, 6.45) is 0. The number of hydrogen-bond donors (Lipinski definition) is 0. The summed E-state index contributed by atoms with van der Waals surface area (Å²) in [5.41, 5.74) is 5.97. The van der Waals surface area contributed by atoms with Crippen LogP contribution < -0.4 is 0 Å². The van der Waals surface area contributed by atoms with Crippen LogP contribution in [0.1, 0.15) is 0 Å². The van der Waals surface area contributed by atoms with Crippen molar-refractivity contribution in [1.82, 2.24) is 14.5 Å². The lowest BCUT2D eigenvalue weighted by Crippen LogP contribution is -2.03. The van der Waals surface area contributed by atoms with E-state index in [-0.39, 0.29) is 0 Å². The molecule has 0 atom stereocenters. The number of thiophene rings is 2. The Hall–Kier alpha value is -6.08. The van der Waals surface area contributed by atoms with Crippen LogP contribution >= 0.6 is 22.7 Å². The van der Waals surface area contributed by atoms with E-state index >= 15 is 0 Å². The van der Waals surface area contributed by atoms with Gasteiger partial charge in [-0.2, -0.15) is 0 Å². The van der Waals surface area contributed by atoms with Gasteiger partial charge >= 0.3 is 0 Å². The lowest BCUT2D eigenvalue weighted by atomic mass is 10.00. The molecule has 0 unspecified atom stereocenters. The smallest absolute Gasteiger partial charge is 0.236 e. The normalized spacial score (nSPS) is 12.4. The first-order valence-corrected chi connectivity index (χ1v) is 18.3. The summed E-state index contributed by atoms with van der Waals surface area (Å²) in [5, 5.41) is 11.9. The lowest BCUT2D eigenvalue weighted by molar-refractivity contribution is 0.669. The maximum atomic E-state index is 6.23. The highest BCUT2D eigenvalue weighted by Crippen LogP contribution is 2.48. The number of para-hydroxylation sites is 2. The molecule has 0 aliphatic rings. The van der Waals surface area contributed by atoms with Crippen molar-refractivity contribution in [2.75, 3.05) is 0 Å². The third kappa shape index (κ3) is 3.49. The molecule has 232 valence electrons. The first-order chi connectivity index (χ1) is 24.8. The van der Waals surface area contributed by atoms with Crippen molar-refractivity contribution < 1.29 is 4.42 Å². The first-order valence-electron chi connectivity index (χ1n) is 16.7. The molecule has 6 heteroatoms. The fraction of sp³-hybridized carbons (Fsp3) is 0. The number of nitrogens with zero attached hydrogens (tertiary/aromatic N) is 3.